The van der Waals surface area contributed by atoms with Gasteiger partial charge in [0.2, 0.25) is 5.91 Å². The molecular weight excluding hydrogens is 132 g/mol. The number of primary amides is 1. The number of dihydropyridines is 1. The minimum absolute atomic E-state index is 0.183. The maximum absolute atomic E-state index is 10.5. The molecule has 10 heavy (non-hydrogen) atoms. The van der Waals surface area contributed by atoms with Crippen molar-refractivity contribution in [3.63, 3.8) is 0 Å². The van der Waals surface area contributed by atoms with Gasteiger partial charge in [0.15, 0.2) is 6.23 Å². The lowest BCUT2D eigenvalue weighted by Crippen LogP contribution is -2.34. The number of aliphatic hydroxyl groups is 1. The summed E-state index contributed by atoms with van der Waals surface area (Å²) in [4.78, 5) is 10.5. The summed E-state index contributed by atoms with van der Waals surface area (Å²) >= 11 is 0. The Morgan fingerprint density at radius 1 is 1.80 bits per heavy atom. The maximum atomic E-state index is 10.5. The number of aliphatic hydroxyl groups excluding tert-OH is 1. The molecule has 1 atom stereocenters. The Balaban J connectivity index is 2.80. The van der Waals surface area contributed by atoms with Gasteiger partial charge in [0, 0.05) is 0 Å². The summed E-state index contributed by atoms with van der Waals surface area (Å²) in [6.45, 7) is 0. The van der Waals surface area contributed by atoms with Gasteiger partial charge in [-0.25, -0.2) is 0 Å². The number of amides is 1. The van der Waals surface area contributed by atoms with Crippen LogP contribution in [0.3, 0.4) is 0 Å². The number of hydrogen-bond acceptors (Lipinski definition) is 3. The second kappa shape index (κ2) is 2.53. The van der Waals surface area contributed by atoms with Crippen LogP contribution in [0.5, 0.6) is 0 Å². The number of allylic oxidation sites excluding steroid dienone is 2. The molecule has 0 aromatic carbocycles. The van der Waals surface area contributed by atoms with Crippen LogP contribution in [0, 0.1) is 0 Å². The SMILES string of the molecule is NC(=O)C1=CC=CNC1O. The number of carbonyl (C=O) groups is 1. The third kappa shape index (κ3) is 1.16. The summed E-state index contributed by atoms with van der Waals surface area (Å²) in [6, 6.07) is 0. The van der Waals surface area contributed by atoms with E-state index in [0.717, 1.165) is 0 Å². The molecule has 1 rings (SSSR count). The van der Waals surface area contributed by atoms with Crippen LogP contribution >= 0.6 is 0 Å². The first-order valence-electron chi connectivity index (χ1n) is 2.82. The van der Waals surface area contributed by atoms with E-state index in [4.69, 9.17) is 10.8 Å². The molecule has 1 unspecified atom stereocenters. The van der Waals surface area contributed by atoms with E-state index in [9.17, 15) is 4.79 Å². The van der Waals surface area contributed by atoms with Crippen molar-refractivity contribution in [1.29, 1.82) is 0 Å². The molecule has 1 heterocycles. The molecule has 0 spiro atoms. The van der Waals surface area contributed by atoms with Crippen molar-refractivity contribution in [3.05, 3.63) is 23.9 Å². The van der Waals surface area contributed by atoms with Gasteiger partial charge in [-0.1, -0.05) is 0 Å². The highest BCUT2D eigenvalue weighted by Gasteiger charge is 2.15. The van der Waals surface area contributed by atoms with Crippen LogP contribution in [0.4, 0.5) is 0 Å². The lowest BCUT2D eigenvalue weighted by Gasteiger charge is -2.14. The summed E-state index contributed by atoms with van der Waals surface area (Å²) in [7, 11) is 0. The fourth-order valence-electron chi connectivity index (χ4n) is 0.696. The Kier molecular flexibility index (Phi) is 1.73. The molecular formula is C6H8N2O2. The molecule has 0 aromatic rings. The van der Waals surface area contributed by atoms with Crippen LogP contribution in [0.15, 0.2) is 23.9 Å². The van der Waals surface area contributed by atoms with Crippen LogP contribution in [0.1, 0.15) is 0 Å². The van der Waals surface area contributed by atoms with Gasteiger partial charge >= 0.3 is 0 Å². The molecule has 1 aliphatic heterocycles. The first-order valence-corrected chi connectivity index (χ1v) is 2.82. The quantitative estimate of drug-likeness (QED) is 0.429. The fourth-order valence-corrected chi connectivity index (χ4v) is 0.696. The van der Waals surface area contributed by atoms with Crippen LogP contribution in [-0.4, -0.2) is 17.2 Å². The number of nitrogens with one attached hydrogen (secondary N) is 1. The summed E-state index contributed by atoms with van der Waals surface area (Å²) in [5.74, 6) is -0.607. The van der Waals surface area contributed by atoms with E-state index < -0.39 is 12.1 Å². The van der Waals surface area contributed by atoms with Crippen molar-refractivity contribution >= 4 is 5.91 Å². The van der Waals surface area contributed by atoms with Gasteiger partial charge in [-0.05, 0) is 18.4 Å². The van der Waals surface area contributed by atoms with Crippen molar-refractivity contribution in [2.75, 3.05) is 0 Å². The zero-order valence-corrected chi connectivity index (χ0v) is 5.24. The van der Waals surface area contributed by atoms with Crippen LogP contribution in [-0.2, 0) is 4.79 Å². The standard InChI is InChI=1S/C6H8N2O2/c7-5(9)4-2-1-3-8-6(4)10/h1-3,6,8,10H,(H2,7,9). The predicted octanol–water partition coefficient (Wildman–Crippen LogP) is -1.17. The van der Waals surface area contributed by atoms with E-state index in [-0.39, 0.29) is 5.57 Å². The van der Waals surface area contributed by atoms with E-state index in [1.807, 2.05) is 0 Å². The first-order chi connectivity index (χ1) is 4.72. The number of rotatable bonds is 1. The lowest BCUT2D eigenvalue weighted by molar-refractivity contribution is -0.115. The normalized spacial score (nSPS) is 23.3. The van der Waals surface area contributed by atoms with E-state index in [0.29, 0.717) is 0 Å². The van der Waals surface area contributed by atoms with Gasteiger partial charge in [0.25, 0.3) is 0 Å². The van der Waals surface area contributed by atoms with E-state index in [1.165, 1.54) is 12.3 Å². The Morgan fingerprint density at radius 2 is 2.50 bits per heavy atom. The number of carbonyl (C=O) groups excluding carboxylic acids is 1. The van der Waals surface area contributed by atoms with E-state index in [2.05, 4.69) is 5.32 Å². The Morgan fingerprint density at radius 3 is 2.90 bits per heavy atom. The summed E-state index contributed by atoms with van der Waals surface area (Å²) in [5.41, 5.74) is 5.10. The molecule has 0 aliphatic carbocycles. The highest BCUT2D eigenvalue weighted by atomic mass is 16.3. The van der Waals surface area contributed by atoms with E-state index in [1.54, 1.807) is 6.08 Å². The van der Waals surface area contributed by atoms with Crippen molar-refractivity contribution in [2.24, 2.45) is 5.73 Å². The average molecular weight is 140 g/mol. The van der Waals surface area contributed by atoms with Crippen molar-refractivity contribution in [3.8, 4) is 0 Å². The molecule has 4 heteroatoms. The van der Waals surface area contributed by atoms with Gasteiger partial charge in [-0.2, -0.15) is 0 Å². The molecule has 1 aliphatic rings. The van der Waals surface area contributed by atoms with Crippen molar-refractivity contribution in [2.45, 2.75) is 6.23 Å². The second-order valence-corrected chi connectivity index (χ2v) is 1.91. The highest BCUT2D eigenvalue weighted by Crippen LogP contribution is 2.02. The monoisotopic (exact) mass is 140 g/mol. The Hall–Kier alpha value is -1.29. The molecule has 0 fully saturated rings. The fraction of sp³-hybridized carbons (Fsp3) is 0.167. The van der Waals surface area contributed by atoms with Gasteiger partial charge in [0.1, 0.15) is 0 Å². The second-order valence-electron chi connectivity index (χ2n) is 1.91. The molecule has 54 valence electrons. The van der Waals surface area contributed by atoms with Gasteiger partial charge in [0.05, 0.1) is 5.57 Å². The maximum Gasteiger partial charge on any atom is 0.249 e. The minimum Gasteiger partial charge on any atom is -0.369 e. The molecule has 4 nitrogen and oxygen atoms in total. The molecule has 0 radical (unpaired) electrons. The Bertz CT molecular complexity index is 208. The van der Waals surface area contributed by atoms with Gasteiger partial charge in [-0.15, -0.1) is 0 Å². The van der Waals surface area contributed by atoms with Gasteiger partial charge < -0.3 is 16.2 Å². The highest BCUT2D eigenvalue weighted by molar-refractivity contribution is 5.93. The number of nitrogens with two attached hydrogens (primary N) is 1. The summed E-state index contributed by atoms with van der Waals surface area (Å²) in [6.07, 6.45) is 3.66. The van der Waals surface area contributed by atoms with Gasteiger partial charge in [-0.3, -0.25) is 4.79 Å². The minimum atomic E-state index is -0.956. The Labute approximate surface area is 58.0 Å². The zero-order valence-electron chi connectivity index (χ0n) is 5.24. The molecule has 1 amide bonds. The number of hydrogen-bond donors (Lipinski definition) is 3. The van der Waals surface area contributed by atoms with Crippen molar-refractivity contribution in [1.82, 2.24) is 5.32 Å². The molecule has 4 N–H and O–H groups in total. The van der Waals surface area contributed by atoms with Crippen molar-refractivity contribution < 1.29 is 9.90 Å². The zero-order chi connectivity index (χ0) is 7.56. The van der Waals surface area contributed by atoms with Crippen LogP contribution in [0.2, 0.25) is 0 Å². The smallest absolute Gasteiger partial charge is 0.249 e. The predicted molar refractivity (Wildman–Crippen MR) is 35.6 cm³/mol. The molecule has 0 bridgehead atoms. The topological polar surface area (TPSA) is 75.4 Å². The third-order valence-electron chi connectivity index (χ3n) is 1.21. The third-order valence-corrected chi connectivity index (χ3v) is 1.21. The average Bonchev–Trinajstić information content (AvgIpc) is 1.88. The molecule has 0 saturated heterocycles. The van der Waals surface area contributed by atoms with Crippen LogP contribution < -0.4 is 11.1 Å². The lowest BCUT2D eigenvalue weighted by atomic mass is 10.2. The molecule has 0 saturated carbocycles. The summed E-state index contributed by atoms with van der Waals surface area (Å²) < 4.78 is 0. The largest absolute Gasteiger partial charge is 0.369 e. The first kappa shape index (κ1) is 6.82. The summed E-state index contributed by atoms with van der Waals surface area (Å²) in [5, 5.41) is 11.5. The van der Waals surface area contributed by atoms with E-state index >= 15 is 0 Å². The molecule has 0 aromatic heterocycles. The van der Waals surface area contributed by atoms with Crippen LogP contribution in [0.25, 0.3) is 0 Å².